The summed E-state index contributed by atoms with van der Waals surface area (Å²) in [4.78, 5) is 17.1. The normalized spacial score (nSPS) is 16.7. The van der Waals surface area contributed by atoms with Gasteiger partial charge in [0.15, 0.2) is 0 Å². The molecule has 0 saturated carbocycles. The number of nitrogens with zero attached hydrogens (tertiary/aromatic N) is 3. The monoisotopic (exact) mass is 378 g/mol. The van der Waals surface area contributed by atoms with Crippen molar-refractivity contribution in [1.29, 1.82) is 0 Å². The number of anilines is 1. The minimum Gasteiger partial charge on any atom is -0.367 e. The quantitative estimate of drug-likeness (QED) is 0.606. The first-order valence-corrected chi connectivity index (χ1v) is 10.6. The Kier molecular flexibility index (Phi) is 5.38. The third-order valence-corrected chi connectivity index (χ3v) is 5.53. The molecule has 0 radical (unpaired) electrons. The molecule has 140 valence electrons. The Bertz CT molecular complexity index is 908. The number of aromatic nitrogens is 1. The van der Waals surface area contributed by atoms with Crippen molar-refractivity contribution in [3.05, 3.63) is 40.4 Å². The van der Waals surface area contributed by atoms with Gasteiger partial charge in [-0.2, -0.15) is 0 Å². The highest BCUT2D eigenvalue weighted by Gasteiger charge is 2.20. The maximum Gasteiger partial charge on any atom is 0.270 e. The molecular weight excluding hydrogens is 356 g/mol. The molecule has 0 atom stereocenters. The maximum absolute atomic E-state index is 11.3. The minimum absolute atomic E-state index is 0.0569. The number of likely N-dealkylation sites (tertiary alicyclic amines) is 1. The molecule has 1 fully saturated rings. The van der Waals surface area contributed by atoms with Crippen LogP contribution < -0.4 is 5.32 Å². The van der Waals surface area contributed by atoms with Crippen molar-refractivity contribution in [3.63, 3.8) is 0 Å². The second-order valence-corrected chi connectivity index (χ2v) is 8.98. The molecule has 1 aliphatic heterocycles. The number of rotatable bonds is 6. The number of nitro benzene ring substituents is 1. The van der Waals surface area contributed by atoms with E-state index in [1.165, 1.54) is 18.4 Å². The number of sulfone groups is 1. The molecule has 0 aliphatic carbocycles. The third kappa shape index (κ3) is 4.89. The molecule has 0 unspecified atom stereocenters. The van der Waals surface area contributed by atoms with E-state index in [0.717, 1.165) is 37.1 Å². The van der Waals surface area contributed by atoms with Crippen LogP contribution in [0.2, 0.25) is 0 Å². The van der Waals surface area contributed by atoms with Crippen LogP contribution in [0.3, 0.4) is 0 Å². The molecule has 2 aromatic rings. The van der Waals surface area contributed by atoms with Crippen molar-refractivity contribution in [3.8, 4) is 0 Å². The standard InChI is InChI=1S/C17H22N4O4S/c1-26(24,25)11-10-20-8-6-14(7-9-20)18-17-5-2-13-12-15(21(22)23)3-4-16(13)19-17/h2-5,12,14H,6-11H2,1H3,(H,18,19). The summed E-state index contributed by atoms with van der Waals surface area (Å²) in [5.41, 5.74) is 0.771. The van der Waals surface area contributed by atoms with E-state index in [4.69, 9.17) is 0 Å². The van der Waals surface area contributed by atoms with Gasteiger partial charge in [-0.3, -0.25) is 10.1 Å². The highest BCUT2D eigenvalue weighted by Crippen LogP contribution is 2.22. The molecule has 1 saturated heterocycles. The zero-order valence-corrected chi connectivity index (χ0v) is 15.4. The van der Waals surface area contributed by atoms with Gasteiger partial charge in [-0.25, -0.2) is 13.4 Å². The van der Waals surface area contributed by atoms with E-state index in [-0.39, 0.29) is 17.5 Å². The first-order valence-electron chi connectivity index (χ1n) is 8.52. The summed E-state index contributed by atoms with van der Waals surface area (Å²) in [5.74, 6) is 0.949. The zero-order chi connectivity index (χ0) is 18.7. The van der Waals surface area contributed by atoms with Crippen LogP contribution in [0.4, 0.5) is 11.5 Å². The van der Waals surface area contributed by atoms with Gasteiger partial charge in [-0.15, -0.1) is 0 Å². The lowest BCUT2D eigenvalue weighted by atomic mass is 10.1. The first kappa shape index (κ1) is 18.5. The van der Waals surface area contributed by atoms with Crippen LogP contribution in [0.1, 0.15) is 12.8 Å². The van der Waals surface area contributed by atoms with Gasteiger partial charge in [0, 0.05) is 49.5 Å². The molecule has 1 aromatic heterocycles. The molecule has 0 spiro atoms. The molecule has 1 aromatic carbocycles. The van der Waals surface area contributed by atoms with Gasteiger partial charge < -0.3 is 10.2 Å². The van der Waals surface area contributed by atoms with Crippen LogP contribution in [0.15, 0.2) is 30.3 Å². The second-order valence-electron chi connectivity index (χ2n) is 6.72. The molecule has 3 rings (SSSR count). The van der Waals surface area contributed by atoms with Gasteiger partial charge in [-0.1, -0.05) is 0 Å². The van der Waals surface area contributed by atoms with Crippen molar-refractivity contribution < 1.29 is 13.3 Å². The fourth-order valence-electron chi connectivity index (χ4n) is 3.11. The van der Waals surface area contributed by atoms with Crippen LogP contribution in [0.25, 0.3) is 10.9 Å². The molecule has 0 bridgehead atoms. The Hall–Kier alpha value is -2.26. The number of hydrogen-bond donors (Lipinski definition) is 1. The summed E-state index contributed by atoms with van der Waals surface area (Å²) >= 11 is 0. The number of piperidine rings is 1. The summed E-state index contributed by atoms with van der Waals surface area (Å²) in [6.45, 7) is 2.29. The summed E-state index contributed by atoms with van der Waals surface area (Å²) < 4.78 is 22.5. The Labute approximate surface area is 152 Å². The average molecular weight is 378 g/mol. The van der Waals surface area contributed by atoms with Crippen LogP contribution in [0, 0.1) is 10.1 Å². The van der Waals surface area contributed by atoms with Gasteiger partial charge >= 0.3 is 0 Å². The van der Waals surface area contributed by atoms with Gasteiger partial charge in [0.25, 0.3) is 5.69 Å². The lowest BCUT2D eigenvalue weighted by molar-refractivity contribution is -0.384. The molecular formula is C17H22N4O4S. The second kappa shape index (κ2) is 7.55. The number of nitrogens with one attached hydrogen (secondary N) is 1. The molecule has 2 heterocycles. The highest BCUT2D eigenvalue weighted by molar-refractivity contribution is 7.90. The lowest BCUT2D eigenvalue weighted by Crippen LogP contribution is -2.41. The molecule has 9 heteroatoms. The molecule has 1 N–H and O–H groups in total. The number of fused-ring (bicyclic) bond motifs is 1. The summed E-state index contributed by atoms with van der Waals surface area (Å²) in [6, 6.07) is 8.59. The van der Waals surface area contributed by atoms with Gasteiger partial charge in [-0.05, 0) is 31.0 Å². The van der Waals surface area contributed by atoms with Crippen LogP contribution in [-0.4, -0.2) is 60.9 Å². The Morgan fingerprint density at radius 1 is 1.27 bits per heavy atom. The van der Waals surface area contributed by atoms with Crippen molar-refractivity contribution in [1.82, 2.24) is 9.88 Å². The van der Waals surface area contributed by atoms with E-state index in [1.54, 1.807) is 6.07 Å². The Morgan fingerprint density at radius 3 is 2.65 bits per heavy atom. The molecule has 0 amide bonds. The smallest absolute Gasteiger partial charge is 0.270 e. The summed E-state index contributed by atoms with van der Waals surface area (Å²) in [5, 5.41) is 15.0. The average Bonchev–Trinajstić information content (AvgIpc) is 2.60. The van der Waals surface area contributed by atoms with E-state index >= 15 is 0 Å². The van der Waals surface area contributed by atoms with Crippen LogP contribution >= 0.6 is 0 Å². The van der Waals surface area contributed by atoms with Gasteiger partial charge in [0.05, 0.1) is 16.2 Å². The third-order valence-electron chi connectivity index (χ3n) is 4.60. The zero-order valence-electron chi connectivity index (χ0n) is 14.6. The SMILES string of the molecule is CS(=O)(=O)CCN1CCC(Nc2ccc3cc([N+](=O)[O-])ccc3n2)CC1. The fourth-order valence-corrected chi connectivity index (χ4v) is 3.70. The van der Waals surface area contributed by atoms with Crippen molar-refractivity contribution in [2.45, 2.75) is 18.9 Å². The van der Waals surface area contributed by atoms with Crippen molar-refractivity contribution in [2.75, 3.05) is 37.0 Å². The Balaban J connectivity index is 1.58. The first-order chi connectivity index (χ1) is 12.3. The van der Waals surface area contributed by atoms with E-state index < -0.39 is 14.8 Å². The topological polar surface area (TPSA) is 105 Å². The predicted molar refractivity (Wildman–Crippen MR) is 101 cm³/mol. The Morgan fingerprint density at radius 2 is 2.00 bits per heavy atom. The number of pyridine rings is 1. The fraction of sp³-hybridized carbons (Fsp3) is 0.471. The number of hydrogen-bond acceptors (Lipinski definition) is 7. The van der Waals surface area contributed by atoms with E-state index in [9.17, 15) is 18.5 Å². The van der Waals surface area contributed by atoms with Crippen molar-refractivity contribution in [2.24, 2.45) is 0 Å². The van der Waals surface area contributed by atoms with E-state index in [0.29, 0.717) is 12.1 Å². The van der Waals surface area contributed by atoms with E-state index in [2.05, 4.69) is 15.2 Å². The lowest BCUT2D eigenvalue weighted by Gasteiger charge is -2.32. The van der Waals surface area contributed by atoms with Crippen LogP contribution in [-0.2, 0) is 9.84 Å². The molecule has 8 nitrogen and oxygen atoms in total. The summed E-state index contributed by atoms with van der Waals surface area (Å²) in [6.07, 6.45) is 3.11. The number of benzene rings is 1. The van der Waals surface area contributed by atoms with Crippen LogP contribution in [0.5, 0.6) is 0 Å². The summed E-state index contributed by atoms with van der Waals surface area (Å²) in [7, 11) is -2.92. The predicted octanol–water partition coefficient (Wildman–Crippen LogP) is 2.06. The molecule has 26 heavy (non-hydrogen) atoms. The maximum atomic E-state index is 11.3. The number of nitro groups is 1. The van der Waals surface area contributed by atoms with Gasteiger partial charge in [0.1, 0.15) is 15.7 Å². The van der Waals surface area contributed by atoms with Crippen molar-refractivity contribution >= 4 is 32.2 Å². The molecule has 1 aliphatic rings. The van der Waals surface area contributed by atoms with Gasteiger partial charge in [0.2, 0.25) is 0 Å². The van der Waals surface area contributed by atoms with E-state index in [1.807, 2.05) is 12.1 Å². The number of non-ortho nitro benzene ring substituents is 1. The minimum atomic E-state index is -2.92. The largest absolute Gasteiger partial charge is 0.367 e. The highest BCUT2D eigenvalue weighted by atomic mass is 32.2.